The molecule has 0 unspecified atom stereocenters. The fourth-order valence-corrected chi connectivity index (χ4v) is 5.38. The third-order valence-corrected chi connectivity index (χ3v) is 7.50. The van der Waals surface area contributed by atoms with Crippen LogP contribution in [-0.2, 0) is 22.9 Å². The maximum absolute atomic E-state index is 13.7. The number of hydrogen-bond donors (Lipinski definition) is 2. The number of unbranched alkanes of at least 4 members (excludes halogenated alkanes) is 1. The highest BCUT2D eigenvalue weighted by Gasteiger charge is 2.25. The minimum absolute atomic E-state index is 0.220. The van der Waals surface area contributed by atoms with Crippen molar-refractivity contribution in [2.24, 2.45) is 0 Å². The standard InChI is InChI=1S/C28H31N3O6S/c1-4-5-13-24-29-27(32)25(28(33)31(24)26-22(36-2)11-8-12-23(26)37-3)30-38(34,35)17-16-19-14-15-20-9-6-7-10-21(20)18-19/h6-12,14-15,18,30,32H,4-5,13,16-17H2,1-3H3. The second-order valence-corrected chi connectivity index (χ2v) is 10.7. The normalized spacial score (nSPS) is 11.4. The Kier molecular flexibility index (Phi) is 8.21. The van der Waals surface area contributed by atoms with Gasteiger partial charge in [0.1, 0.15) is 23.0 Å². The number of anilines is 1. The van der Waals surface area contributed by atoms with E-state index >= 15 is 0 Å². The lowest BCUT2D eigenvalue weighted by Crippen LogP contribution is -2.30. The molecular formula is C28H31N3O6S. The Hall–Kier alpha value is -4.05. The van der Waals surface area contributed by atoms with Gasteiger partial charge in [0.25, 0.3) is 5.56 Å². The Morgan fingerprint density at radius 2 is 1.63 bits per heavy atom. The van der Waals surface area contributed by atoms with E-state index in [1.54, 1.807) is 18.2 Å². The lowest BCUT2D eigenvalue weighted by Gasteiger charge is -2.19. The number of aromatic nitrogens is 2. The summed E-state index contributed by atoms with van der Waals surface area (Å²) in [6, 6.07) is 18.6. The first-order valence-corrected chi connectivity index (χ1v) is 14.0. The predicted octanol–water partition coefficient (Wildman–Crippen LogP) is 4.44. The molecular weight excluding hydrogens is 506 g/mol. The largest absolute Gasteiger partial charge is 0.494 e. The summed E-state index contributed by atoms with van der Waals surface area (Å²) in [5, 5.41) is 12.7. The lowest BCUT2D eigenvalue weighted by molar-refractivity contribution is 0.388. The van der Waals surface area contributed by atoms with Gasteiger partial charge in [0.2, 0.25) is 15.9 Å². The summed E-state index contributed by atoms with van der Waals surface area (Å²) in [6.07, 6.45) is 2.11. The number of methoxy groups -OCH3 is 2. The summed E-state index contributed by atoms with van der Waals surface area (Å²) in [7, 11) is -1.10. The highest BCUT2D eigenvalue weighted by Crippen LogP contribution is 2.33. The summed E-state index contributed by atoms with van der Waals surface area (Å²) < 4.78 is 40.6. The molecule has 0 bridgehead atoms. The number of nitrogens with one attached hydrogen (secondary N) is 1. The predicted molar refractivity (Wildman–Crippen MR) is 148 cm³/mol. The third kappa shape index (κ3) is 5.75. The van der Waals surface area contributed by atoms with Crippen LogP contribution in [0.15, 0.2) is 65.5 Å². The van der Waals surface area contributed by atoms with E-state index in [0.29, 0.717) is 24.3 Å². The number of sulfonamides is 1. The summed E-state index contributed by atoms with van der Waals surface area (Å²) in [5.74, 6) is -0.0415. The molecule has 0 saturated carbocycles. The molecule has 2 N–H and O–H groups in total. The summed E-state index contributed by atoms with van der Waals surface area (Å²) in [6.45, 7) is 1.99. The van der Waals surface area contributed by atoms with Crippen molar-refractivity contribution in [2.45, 2.75) is 32.6 Å². The van der Waals surface area contributed by atoms with Crippen molar-refractivity contribution in [1.82, 2.24) is 9.55 Å². The molecule has 3 aromatic carbocycles. The Morgan fingerprint density at radius 3 is 2.29 bits per heavy atom. The number of benzene rings is 3. The molecule has 0 aliphatic rings. The van der Waals surface area contributed by atoms with Crippen molar-refractivity contribution in [3.8, 4) is 23.1 Å². The van der Waals surface area contributed by atoms with E-state index in [9.17, 15) is 18.3 Å². The number of para-hydroxylation sites is 1. The summed E-state index contributed by atoms with van der Waals surface area (Å²) >= 11 is 0. The average molecular weight is 538 g/mol. The van der Waals surface area contributed by atoms with Crippen molar-refractivity contribution in [1.29, 1.82) is 0 Å². The first-order chi connectivity index (χ1) is 18.3. The monoisotopic (exact) mass is 537 g/mol. The van der Waals surface area contributed by atoms with Gasteiger partial charge in [-0.15, -0.1) is 0 Å². The Balaban J connectivity index is 1.71. The van der Waals surface area contributed by atoms with E-state index in [1.165, 1.54) is 18.8 Å². The zero-order chi connectivity index (χ0) is 27.3. The fraction of sp³-hybridized carbons (Fsp3) is 0.286. The molecule has 4 rings (SSSR count). The molecule has 0 atom stereocenters. The van der Waals surface area contributed by atoms with E-state index in [0.717, 1.165) is 22.8 Å². The van der Waals surface area contributed by atoms with Gasteiger partial charge in [-0.25, -0.2) is 8.42 Å². The van der Waals surface area contributed by atoms with Crippen LogP contribution in [0.2, 0.25) is 0 Å². The SMILES string of the molecule is CCCCc1nc(O)c(NS(=O)(=O)CCc2ccc3ccccc3c2)c(=O)n1-c1c(OC)cccc1OC. The summed E-state index contributed by atoms with van der Waals surface area (Å²) in [5.41, 5.74) is -0.197. The van der Waals surface area contributed by atoms with Gasteiger partial charge >= 0.3 is 0 Å². The Bertz CT molecular complexity index is 1590. The maximum atomic E-state index is 13.7. The van der Waals surface area contributed by atoms with Crippen LogP contribution in [0.3, 0.4) is 0 Å². The highest BCUT2D eigenvalue weighted by molar-refractivity contribution is 7.92. The van der Waals surface area contributed by atoms with Crippen LogP contribution < -0.4 is 19.8 Å². The minimum atomic E-state index is -4.02. The fourth-order valence-electron chi connectivity index (χ4n) is 4.28. The number of aryl methyl sites for hydroxylation is 2. The van der Waals surface area contributed by atoms with E-state index < -0.39 is 27.1 Å². The van der Waals surface area contributed by atoms with Crippen LogP contribution in [0.5, 0.6) is 17.4 Å². The van der Waals surface area contributed by atoms with Crippen molar-refractivity contribution >= 4 is 26.5 Å². The van der Waals surface area contributed by atoms with E-state index in [1.807, 2.05) is 49.4 Å². The second kappa shape index (κ2) is 11.6. The number of fused-ring (bicyclic) bond motifs is 1. The molecule has 4 aromatic rings. The molecule has 0 radical (unpaired) electrons. The van der Waals surface area contributed by atoms with Gasteiger partial charge in [0.05, 0.1) is 20.0 Å². The van der Waals surface area contributed by atoms with Crippen LogP contribution in [0.25, 0.3) is 16.5 Å². The first kappa shape index (κ1) is 27.0. The van der Waals surface area contributed by atoms with Gasteiger partial charge in [-0.3, -0.25) is 14.1 Å². The van der Waals surface area contributed by atoms with Gasteiger partial charge in [-0.2, -0.15) is 4.98 Å². The average Bonchev–Trinajstić information content (AvgIpc) is 2.92. The number of hydrogen-bond acceptors (Lipinski definition) is 7. The number of ether oxygens (including phenoxy) is 2. The molecule has 1 aromatic heterocycles. The molecule has 0 saturated heterocycles. The molecule has 9 nitrogen and oxygen atoms in total. The van der Waals surface area contributed by atoms with Crippen LogP contribution >= 0.6 is 0 Å². The van der Waals surface area contributed by atoms with Crippen LogP contribution in [-0.4, -0.2) is 43.0 Å². The lowest BCUT2D eigenvalue weighted by atomic mass is 10.1. The van der Waals surface area contributed by atoms with E-state index in [4.69, 9.17) is 9.47 Å². The minimum Gasteiger partial charge on any atom is -0.494 e. The zero-order valence-electron chi connectivity index (χ0n) is 21.6. The number of nitrogens with zero attached hydrogens (tertiary/aromatic N) is 2. The van der Waals surface area contributed by atoms with Crippen molar-refractivity contribution in [3.63, 3.8) is 0 Å². The molecule has 0 fully saturated rings. The van der Waals surface area contributed by atoms with Crippen molar-refractivity contribution in [3.05, 3.63) is 82.4 Å². The number of rotatable bonds is 11. The smallest absolute Gasteiger partial charge is 0.286 e. The van der Waals surface area contributed by atoms with E-state index in [-0.39, 0.29) is 23.7 Å². The van der Waals surface area contributed by atoms with Crippen molar-refractivity contribution in [2.75, 3.05) is 24.7 Å². The van der Waals surface area contributed by atoms with Crippen LogP contribution in [0.1, 0.15) is 31.2 Å². The topological polar surface area (TPSA) is 120 Å². The number of aromatic hydroxyl groups is 1. The molecule has 0 amide bonds. The molecule has 0 spiro atoms. The maximum Gasteiger partial charge on any atom is 0.286 e. The quantitative estimate of drug-likeness (QED) is 0.290. The molecule has 0 aliphatic heterocycles. The van der Waals surface area contributed by atoms with Gasteiger partial charge in [0, 0.05) is 6.42 Å². The Labute approximate surface area is 221 Å². The van der Waals surface area contributed by atoms with Gasteiger partial charge < -0.3 is 14.6 Å². The highest BCUT2D eigenvalue weighted by atomic mass is 32.2. The van der Waals surface area contributed by atoms with Gasteiger partial charge in [0.15, 0.2) is 5.69 Å². The second-order valence-electron chi connectivity index (χ2n) is 8.83. The first-order valence-electron chi connectivity index (χ1n) is 12.3. The molecule has 200 valence electrons. The zero-order valence-corrected chi connectivity index (χ0v) is 22.4. The van der Waals surface area contributed by atoms with Gasteiger partial charge in [-0.1, -0.05) is 61.9 Å². The van der Waals surface area contributed by atoms with E-state index in [2.05, 4.69) is 9.71 Å². The van der Waals surface area contributed by atoms with Crippen molar-refractivity contribution < 1.29 is 23.0 Å². The molecule has 38 heavy (non-hydrogen) atoms. The van der Waals surface area contributed by atoms with Crippen LogP contribution in [0.4, 0.5) is 5.69 Å². The molecule has 10 heteroatoms. The molecule has 0 aliphatic carbocycles. The van der Waals surface area contributed by atoms with Crippen LogP contribution in [0, 0.1) is 0 Å². The third-order valence-electron chi connectivity index (χ3n) is 6.24. The molecule has 1 heterocycles. The Morgan fingerprint density at radius 1 is 0.947 bits per heavy atom. The van der Waals surface area contributed by atoms with Gasteiger partial charge in [-0.05, 0) is 41.3 Å². The summed E-state index contributed by atoms with van der Waals surface area (Å²) in [4.78, 5) is 17.9.